The molecule has 5 nitrogen and oxygen atoms in total. The van der Waals surface area contributed by atoms with Gasteiger partial charge in [0, 0.05) is 49.8 Å². The quantitative estimate of drug-likeness (QED) is 0.793. The molecule has 2 aromatic rings. The van der Waals surface area contributed by atoms with Crippen LogP contribution in [0.3, 0.4) is 0 Å². The van der Waals surface area contributed by atoms with Crippen molar-refractivity contribution in [2.75, 3.05) is 19.6 Å². The number of hydrogen-bond acceptors (Lipinski definition) is 4. The van der Waals surface area contributed by atoms with Crippen LogP contribution >= 0.6 is 24.8 Å². The molecule has 0 radical (unpaired) electrons. The van der Waals surface area contributed by atoms with Gasteiger partial charge in [-0.1, -0.05) is 19.8 Å². The Kier molecular flexibility index (Phi) is 7.24. The average Bonchev–Trinajstić information content (AvgIpc) is 3.06. The molecule has 0 unspecified atom stereocenters. The minimum atomic E-state index is 0. The lowest BCUT2D eigenvalue weighted by atomic mass is 9.74. The van der Waals surface area contributed by atoms with Gasteiger partial charge in [0.05, 0.1) is 5.69 Å². The van der Waals surface area contributed by atoms with Crippen molar-refractivity contribution in [3.8, 4) is 0 Å². The molecule has 2 aromatic heterocycles. The van der Waals surface area contributed by atoms with Gasteiger partial charge in [-0.3, -0.25) is 14.9 Å². The van der Waals surface area contributed by atoms with E-state index in [-0.39, 0.29) is 24.8 Å². The number of hydrogen-bond donors (Lipinski definition) is 1. The van der Waals surface area contributed by atoms with E-state index in [0.717, 1.165) is 36.1 Å². The Hall–Kier alpha value is -0.880. The van der Waals surface area contributed by atoms with E-state index in [9.17, 15) is 0 Å². The normalized spacial score (nSPS) is 30.3. The summed E-state index contributed by atoms with van der Waals surface area (Å²) in [4.78, 5) is 9.97. The van der Waals surface area contributed by atoms with Crippen molar-refractivity contribution in [1.29, 1.82) is 0 Å². The molecule has 3 fully saturated rings. The van der Waals surface area contributed by atoms with Gasteiger partial charge in [-0.05, 0) is 49.7 Å². The van der Waals surface area contributed by atoms with Gasteiger partial charge in [0.2, 0.25) is 0 Å². The summed E-state index contributed by atoms with van der Waals surface area (Å²) in [5.41, 5.74) is 2.08. The van der Waals surface area contributed by atoms with E-state index in [1.165, 1.54) is 69.2 Å². The topological polar surface area (TPSA) is 48.1 Å². The molecular weight excluding hydrogens is 393 g/mol. The van der Waals surface area contributed by atoms with E-state index in [1.807, 2.05) is 12.3 Å². The lowest BCUT2D eigenvalue weighted by Crippen LogP contribution is -2.61. The van der Waals surface area contributed by atoms with Crippen molar-refractivity contribution in [3.63, 3.8) is 0 Å². The zero-order chi connectivity index (χ0) is 17.5. The second-order valence-electron chi connectivity index (χ2n) is 8.77. The van der Waals surface area contributed by atoms with Crippen LogP contribution in [-0.2, 0) is 6.54 Å². The number of halogens is 2. The average molecular weight is 426 g/mol. The highest BCUT2D eigenvalue weighted by molar-refractivity contribution is 5.85. The van der Waals surface area contributed by atoms with Crippen LogP contribution in [0.4, 0.5) is 0 Å². The van der Waals surface area contributed by atoms with Crippen molar-refractivity contribution in [3.05, 3.63) is 24.0 Å². The number of rotatable bonds is 4. The molecule has 0 saturated carbocycles. The van der Waals surface area contributed by atoms with Crippen LogP contribution in [0.1, 0.15) is 51.1 Å². The van der Waals surface area contributed by atoms with Crippen molar-refractivity contribution >= 4 is 35.8 Å². The van der Waals surface area contributed by atoms with Gasteiger partial charge >= 0.3 is 0 Å². The molecule has 2 bridgehead atoms. The standard InChI is InChI=1S/C21H31N5.2ClH/c1-2-5-17-6-3-8-20-16-10-15(12-26(17)20)11-25(13-16)14-19-18-7-4-9-22-21(18)24-23-19;;/h4,7,9,15-17,20H,2-3,5-6,8,10-14H2,1H3,(H,22,23,24);2*1H/t15-,16+,17-,20-;;/m0../s1. The van der Waals surface area contributed by atoms with Gasteiger partial charge in [-0.15, -0.1) is 24.8 Å². The maximum absolute atomic E-state index is 4.38. The zero-order valence-corrected chi connectivity index (χ0v) is 18.4. The number of nitrogens with zero attached hydrogens (tertiary/aromatic N) is 4. The molecule has 1 N–H and O–H groups in total. The Morgan fingerprint density at radius 1 is 1.18 bits per heavy atom. The third-order valence-corrected chi connectivity index (χ3v) is 7.00. The van der Waals surface area contributed by atoms with Crippen LogP contribution < -0.4 is 0 Å². The number of piperidine rings is 3. The zero-order valence-electron chi connectivity index (χ0n) is 16.7. The second kappa shape index (κ2) is 9.29. The molecule has 3 aliphatic rings. The lowest BCUT2D eigenvalue weighted by molar-refractivity contribution is -0.0599. The Morgan fingerprint density at radius 3 is 2.93 bits per heavy atom. The van der Waals surface area contributed by atoms with Crippen molar-refractivity contribution in [2.45, 2.75) is 64.1 Å². The van der Waals surface area contributed by atoms with Crippen LogP contribution in [0.25, 0.3) is 11.0 Å². The molecule has 7 heteroatoms. The molecule has 3 saturated heterocycles. The molecule has 0 aromatic carbocycles. The van der Waals surface area contributed by atoms with Crippen LogP contribution in [0, 0.1) is 11.8 Å². The second-order valence-corrected chi connectivity index (χ2v) is 8.77. The molecule has 156 valence electrons. The van der Waals surface area contributed by atoms with Crippen molar-refractivity contribution in [1.82, 2.24) is 25.0 Å². The SMILES string of the molecule is CCC[C@H]1CCC[C@H]2[C@@H]3C[C@@H](CN(Cc4[nH]nc5ncccc45)C3)CN12.Cl.Cl. The number of fused-ring (bicyclic) bond motifs is 5. The first kappa shape index (κ1) is 21.8. The highest BCUT2D eigenvalue weighted by Gasteiger charge is 2.44. The molecular formula is C21H33Cl2N5. The van der Waals surface area contributed by atoms with E-state index >= 15 is 0 Å². The number of likely N-dealkylation sites (tertiary alicyclic amines) is 1. The van der Waals surface area contributed by atoms with E-state index in [0.29, 0.717) is 0 Å². The molecule has 0 spiro atoms. The molecule has 3 aliphatic heterocycles. The van der Waals surface area contributed by atoms with E-state index in [1.54, 1.807) is 0 Å². The Balaban J connectivity index is 0.00000112. The molecule has 28 heavy (non-hydrogen) atoms. The Labute approximate surface area is 180 Å². The van der Waals surface area contributed by atoms with Gasteiger partial charge in [0.15, 0.2) is 5.65 Å². The smallest absolute Gasteiger partial charge is 0.181 e. The predicted octanol–water partition coefficient (Wildman–Crippen LogP) is 4.28. The first-order valence-electron chi connectivity index (χ1n) is 10.6. The van der Waals surface area contributed by atoms with E-state index in [4.69, 9.17) is 0 Å². The highest BCUT2D eigenvalue weighted by atomic mass is 35.5. The number of aromatic amines is 1. The third kappa shape index (κ3) is 4.04. The van der Waals surface area contributed by atoms with Crippen molar-refractivity contribution in [2.24, 2.45) is 11.8 Å². The monoisotopic (exact) mass is 425 g/mol. The van der Waals surface area contributed by atoms with Gasteiger partial charge < -0.3 is 0 Å². The molecule has 0 amide bonds. The fraction of sp³-hybridized carbons (Fsp3) is 0.714. The van der Waals surface area contributed by atoms with Crippen LogP contribution in [0.2, 0.25) is 0 Å². The summed E-state index contributed by atoms with van der Waals surface area (Å²) >= 11 is 0. The van der Waals surface area contributed by atoms with Crippen LogP contribution in [-0.4, -0.2) is 56.7 Å². The minimum Gasteiger partial charge on any atom is -0.297 e. The summed E-state index contributed by atoms with van der Waals surface area (Å²) in [6, 6.07) is 5.85. The maximum Gasteiger partial charge on any atom is 0.181 e. The maximum atomic E-state index is 4.38. The Morgan fingerprint density at radius 2 is 2.07 bits per heavy atom. The fourth-order valence-corrected chi connectivity index (χ4v) is 6.03. The highest BCUT2D eigenvalue weighted by Crippen LogP contribution is 2.40. The summed E-state index contributed by atoms with van der Waals surface area (Å²) in [6.07, 6.45) is 10.3. The summed E-state index contributed by atoms with van der Waals surface area (Å²) in [5.74, 6) is 1.70. The molecule has 0 aliphatic carbocycles. The van der Waals surface area contributed by atoms with Crippen molar-refractivity contribution < 1.29 is 0 Å². The largest absolute Gasteiger partial charge is 0.297 e. The summed E-state index contributed by atoms with van der Waals surface area (Å²) in [5, 5.41) is 8.81. The van der Waals surface area contributed by atoms with Crippen LogP contribution in [0.15, 0.2) is 18.3 Å². The van der Waals surface area contributed by atoms with E-state index < -0.39 is 0 Å². The summed E-state index contributed by atoms with van der Waals surface area (Å²) in [6.45, 7) is 7.14. The molecule has 5 heterocycles. The molecule has 4 atom stereocenters. The number of pyridine rings is 1. The first-order chi connectivity index (χ1) is 12.8. The minimum absolute atomic E-state index is 0. The third-order valence-electron chi connectivity index (χ3n) is 7.00. The number of aromatic nitrogens is 3. The predicted molar refractivity (Wildman–Crippen MR) is 118 cm³/mol. The summed E-state index contributed by atoms with van der Waals surface area (Å²) < 4.78 is 0. The fourth-order valence-electron chi connectivity index (χ4n) is 6.03. The van der Waals surface area contributed by atoms with Gasteiger partial charge in [0.25, 0.3) is 0 Å². The van der Waals surface area contributed by atoms with Gasteiger partial charge in [0.1, 0.15) is 0 Å². The number of nitrogens with one attached hydrogen (secondary N) is 1. The summed E-state index contributed by atoms with van der Waals surface area (Å²) in [7, 11) is 0. The van der Waals surface area contributed by atoms with E-state index in [2.05, 4.69) is 38.0 Å². The van der Waals surface area contributed by atoms with Gasteiger partial charge in [-0.25, -0.2) is 4.98 Å². The Bertz CT molecular complexity index is 764. The van der Waals surface area contributed by atoms with Gasteiger partial charge in [-0.2, -0.15) is 5.10 Å². The molecule has 5 rings (SSSR count). The first-order valence-corrected chi connectivity index (χ1v) is 10.6. The number of H-pyrrole nitrogens is 1. The van der Waals surface area contributed by atoms with Crippen LogP contribution in [0.5, 0.6) is 0 Å². The lowest BCUT2D eigenvalue weighted by Gasteiger charge is -2.55.